The summed E-state index contributed by atoms with van der Waals surface area (Å²) in [6.45, 7) is 5.76. The fourth-order valence-electron chi connectivity index (χ4n) is 4.21. The molecule has 8 heteroatoms. The van der Waals surface area contributed by atoms with Crippen LogP contribution in [0.25, 0.3) is 0 Å². The van der Waals surface area contributed by atoms with Gasteiger partial charge in [-0.15, -0.1) is 0 Å². The van der Waals surface area contributed by atoms with E-state index in [9.17, 15) is 24.3 Å². The van der Waals surface area contributed by atoms with Gasteiger partial charge in [-0.3, -0.25) is 9.00 Å². The minimum Gasteiger partial charge on any atom is -0.393 e. The summed E-state index contributed by atoms with van der Waals surface area (Å²) in [5, 5.41) is 30.9. The van der Waals surface area contributed by atoms with Crippen molar-refractivity contribution in [1.82, 2.24) is 0 Å². The second-order valence-electron chi connectivity index (χ2n) is 9.13. The van der Waals surface area contributed by atoms with Gasteiger partial charge in [0.2, 0.25) is 0 Å². The summed E-state index contributed by atoms with van der Waals surface area (Å²) in [5.74, 6) is -0.403. The van der Waals surface area contributed by atoms with E-state index in [1.165, 1.54) is 6.08 Å². The lowest BCUT2D eigenvalue weighted by molar-refractivity contribution is -0.165. The summed E-state index contributed by atoms with van der Waals surface area (Å²) in [6.07, 6.45) is 0.869. The monoisotopic (exact) mass is 466 g/mol. The molecule has 1 aromatic rings. The summed E-state index contributed by atoms with van der Waals surface area (Å²) in [4.78, 5) is 13.2. The van der Waals surface area contributed by atoms with E-state index in [4.69, 9.17) is 9.47 Å². The molecule has 0 radical (unpaired) electrons. The lowest BCUT2D eigenvalue weighted by atomic mass is 9.85. The molecule has 0 amide bonds. The number of epoxide rings is 1. The number of ether oxygens (including phenoxy) is 2. The fraction of sp³-hybridized carbons (Fsp3) is 0.625. The molecule has 3 rings (SSSR count). The quantitative estimate of drug-likeness (QED) is 0.289. The Hall–Kier alpha value is -1.42. The minimum atomic E-state index is -1.10. The van der Waals surface area contributed by atoms with Crippen LogP contribution in [0.3, 0.4) is 0 Å². The molecule has 0 bridgehead atoms. The first-order valence-electron chi connectivity index (χ1n) is 11.0. The highest BCUT2D eigenvalue weighted by Crippen LogP contribution is 2.38. The molecule has 0 aliphatic carbocycles. The molecular weight excluding hydrogens is 432 g/mol. The first-order chi connectivity index (χ1) is 15.1. The second-order valence-corrected chi connectivity index (χ2v) is 10.5. The van der Waals surface area contributed by atoms with Crippen LogP contribution < -0.4 is 0 Å². The predicted octanol–water partition coefficient (Wildman–Crippen LogP) is 1.85. The van der Waals surface area contributed by atoms with E-state index >= 15 is 0 Å². The zero-order chi connectivity index (χ0) is 23.6. The van der Waals surface area contributed by atoms with Crippen molar-refractivity contribution in [1.29, 1.82) is 0 Å². The summed E-state index contributed by atoms with van der Waals surface area (Å²) in [5.41, 5.74) is 1.23. The van der Waals surface area contributed by atoms with Crippen molar-refractivity contribution < 1.29 is 33.8 Å². The number of hydrogen-bond donors (Lipinski definition) is 3. The number of carbonyl (C=O) groups is 1. The Kier molecular flexibility index (Phi) is 8.41. The fourth-order valence-corrected chi connectivity index (χ4v) is 4.73. The highest BCUT2D eigenvalue weighted by molar-refractivity contribution is 7.84. The molecule has 2 heterocycles. The van der Waals surface area contributed by atoms with Crippen LogP contribution in [0.1, 0.15) is 44.0 Å². The molecule has 2 aliphatic heterocycles. The molecule has 0 aromatic heterocycles. The van der Waals surface area contributed by atoms with Gasteiger partial charge in [-0.05, 0) is 57.0 Å². The SMILES string of the molecule is C/C(=C\C(=O)c1ccc(S(C)=O)cc1)C[C@@H]1OC[C@H](C[C@@H]2O[C@H]2[C@@H](C)[C@H](C)O)[C@@H](O)[C@H]1O. The number of aliphatic hydroxyl groups excluding tert-OH is 3. The number of ketones is 1. The van der Waals surface area contributed by atoms with Crippen LogP contribution in [-0.4, -0.2) is 74.8 Å². The average Bonchev–Trinajstić information content (AvgIpc) is 3.51. The van der Waals surface area contributed by atoms with Crippen molar-refractivity contribution in [3.63, 3.8) is 0 Å². The number of hydrogen-bond acceptors (Lipinski definition) is 7. The van der Waals surface area contributed by atoms with Crippen LogP contribution in [0.4, 0.5) is 0 Å². The van der Waals surface area contributed by atoms with Gasteiger partial charge in [0.25, 0.3) is 0 Å². The number of aliphatic hydroxyl groups is 3. The minimum absolute atomic E-state index is 0.0185. The van der Waals surface area contributed by atoms with Crippen molar-refractivity contribution in [2.75, 3.05) is 12.9 Å². The van der Waals surface area contributed by atoms with E-state index in [2.05, 4.69) is 0 Å². The Morgan fingerprint density at radius 3 is 2.44 bits per heavy atom. The standard InChI is InChI=1S/C24H34O7S/c1-13(9-19(26)16-5-7-18(8-6-16)32(4)29)10-20-23(28)22(27)17(12-30-20)11-21-24(31-21)14(2)15(3)25/h5-9,14-15,17,20-25,27-28H,10-12H2,1-4H3/b13-9+/t14-,15-,17-,20-,21-,22+,23-,24-,32?/m0/s1. The molecule has 2 aliphatic rings. The van der Waals surface area contributed by atoms with Crippen molar-refractivity contribution in [3.05, 3.63) is 41.5 Å². The van der Waals surface area contributed by atoms with Gasteiger partial charge in [-0.1, -0.05) is 12.5 Å². The van der Waals surface area contributed by atoms with Gasteiger partial charge < -0.3 is 24.8 Å². The van der Waals surface area contributed by atoms with E-state index in [-0.39, 0.29) is 29.8 Å². The van der Waals surface area contributed by atoms with Gasteiger partial charge in [0.15, 0.2) is 5.78 Å². The summed E-state index contributed by atoms with van der Waals surface area (Å²) < 4.78 is 23.0. The number of carbonyl (C=O) groups excluding carboxylic acids is 1. The van der Waals surface area contributed by atoms with Gasteiger partial charge >= 0.3 is 0 Å². The Bertz CT molecular complexity index is 850. The van der Waals surface area contributed by atoms with Crippen LogP contribution in [0, 0.1) is 11.8 Å². The Morgan fingerprint density at radius 2 is 1.84 bits per heavy atom. The maximum absolute atomic E-state index is 12.5. The van der Waals surface area contributed by atoms with E-state index < -0.39 is 35.2 Å². The van der Waals surface area contributed by atoms with Crippen molar-refractivity contribution >= 4 is 16.6 Å². The lowest BCUT2D eigenvalue weighted by Gasteiger charge is -2.38. The van der Waals surface area contributed by atoms with E-state index in [1.54, 1.807) is 44.4 Å². The second kappa shape index (κ2) is 10.7. The largest absolute Gasteiger partial charge is 0.393 e. The Balaban J connectivity index is 1.52. The smallest absolute Gasteiger partial charge is 0.185 e. The third-order valence-corrected chi connectivity index (χ3v) is 7.48. The van der Waals surface area contributed by atoms with Gasteiger partial charge in [-0.2, -0.15) is 0 Å². The molecule has 2 fully saturated rings. The molecule has 1 aromatic carbocycles. The van der Waals surface area contributed by atoms with E-state index in [0.717, 1.165) is 5.57 Å². The molecule has 3 N–H and O–H groups in total. The summed E-state index contributed by atoms with van der Waals surface area (Å²) in [7, 11) is -1.10. The number of benzene rings is 1. The molecule has 7 nitrogen and oxygen atoms in total. The van der Waals surface area contributed by atoms with Gasteiger partial charge in [0.1, 0.15) is 6.10 Å². The molecule has 0 saturated carbocycles. The van der Waals surface area contributed by atoms with Crippen LogP contribution in [0.5, 0.6) is 0 Å². The summed E-state index contributed by atoms with van der Waals surface area (Å²) in [6, 6.07) is 6.64. The Labute approximate surface area is 191 Å². The topological polar surface area (TPSA) is 117 Å². The third-order valence-electron chi connectivity index (χ3n) is 6.55. The molecular formula is C24H34O7S. The maximum Gasteiger partial charge on any atom is 0.185 e. The molecule has 32 heavy (non-hydrogen) atoms. The molecule has 2 saturated heterocycles. The average molecular weight is 467 g/mol. The van der Waals surface area contributed by atoms with Crippen molar-refractivity contribution in [2.45, 2.75) is 75.1 Å². The highest BCUT2D eigenvalue weighted by atomic mass is 32.2. The van der Waals surface area contributed by atoms with Crippen molar-refractivity contribution in [2.24, 2.45) is 11.8 Å². The van der Waals surface area contributed by atoms with Crippen LogP contribution >= 0.6 is 0 Å². The molecule has 9 atom stereocenters. The number of allylic oxidation sites excluding steroid dienone is 1. The van der Waals surface area contributed by atoms with Crippen LogP contribution in [-0.2, 0) is 20.3 Å². The Morgan fingerprint density at radius 1 is 1.19 bits per heavy atom. The van der Waals surface area contributed by atoms with Gasteiger partial charge in [0, 0.05) is 39.4 Å². The van der Waals surface area contributed by atoms with Crippen molar-refractivity contribution in [3.8, 4) is 0 Å². The van der Waals surface area contributed by atoms with E-state index in [0.29, 0.717) is 29.9 Å². The normalized spacial score (nSPS) is 33.4. The van der Waals surface area contributed by atoms with Gasteiger partial charge in [0.05, 0.1) is 37.1 Å². The highest BCUT2D eigenvalue weighted by Gasteiger charge is 2.48. The predicted molar refractivity (Wildman–Crippen MR) is 121 cm³/mol. The molecule has 1 unspecified atom stereocenters. The molecule has 178 valence electrons. The third kappa shape index (κ3) is 6.12. The van der Waals surface area contributed by atoms with E-state index in [1.807, 2.05) is 6.92 Å². The zero-order valence-corrected chi connectivity index (χ0v) is 19.8. The lowest BCUT2D eigenvalue weighted by Crippen LogP contribution is -2.50. The first kappa shape index (κ1) is 25.2. The van der Waals surface area contributed by atoms with Crippen LogP contribution in [0.15, 0.2) is 40.8 Å². The van der Waals surface area contributed by atoms with Gasteiger partial charge in [-0.25, -0.2) is 0 Å². The zero-order valence-electron chi connectivity index (χ0n) is 19.0. The first-order valence-corrected chi connectivity index (χ1v) is 12.6. The maximum atomic E-state index is 12.5. The van der Waals surface area contributed by atoms with Crippen LogP contribution in [0.2, 0.25) is 0 Å². The summed E-state index contributed by atoms with van der Waals surface area (Å²) >= 11 is 0. The molecule has 0 spiro atoms. The number of rotatable bonds is 9.